The molecule has 1 N–H and O–H groups in total. The van der Waals surface area contributed by atoms with Gasteiger partial charge in [0.25, 0.3) is 15.9 Å². The molecule has 6 nitrogen and oxygen atoms in total. The molecule has 0 saturated carbocycles. The highest BCUT2D eigenvalue weighted by atomic mass is 32.2. The van der Waals surface area contributed by atoms with Gasteiger partial charge in [-0.25, -0.2) is 8.42 Å². The van der Waals surface area contributed by atoms with Crippen LogP contribution in [0.2, 0.25) is 0 Å². The SMILES string of the molecule is Cc1cc(S(=O)(=O)N2CCCc3ccccc32)ccc1OCC(=O)Nc1cccc(C)c1C. The third-order valence-corrected chi connectivity index (χ3v) is 7.85. The zero-order valence-electron chi connectivity index (χ0n) is 19.1. The molecular weight excluding hydrogens is 436 g/mol. The van der Waals surface area contributed by atoms with Crippen LogP contribution in [0, 0.1) is 20.8 Å². The molecule has 3 aromatic rings. The number of para-hydroxylation sites is 1. The van der Waals surface area contributed by atoms with Gasteiger partial charge in [-0.05, 0) is 86.2 Å². The van der Waals surface area contributed by atoms with E-state index in [9.17, 15) is 13.2 Å². The number of aryl methyl sites for hydroxylation is 3. The first-order valence-corrected chi connectivity index (χ1v) is 12.4. The number of nitrogens with one attached hydrogen (secondary N) is 1. The lowest BCUT2D eigenvalue weighted by Gasteiger charge is -2.30. The molecule has 1 heterocycles. The summed E-state index contributed by atoms with van der Waals surface area (Å²) in [6.45, 7) is 6.01. The van der Waals surface area contributed by atoms with Gasteiger partial charge >= 0.3 is 0 Å². The molecule has 172 valence electrons. The van der Waals surface area contributed by atoms with Crippen molar-refractivity contribution in [2.45, 2.75) is 38.5 Å². The molecule has 4 rings (SSSR count). The summed E-state index contributed by atoms with van der Waals surface area (Å²) in [6, 6.07) is 18.1. The van der Waals surface area contributed by atoms with E-state index < -0.39 is 10.0 Å². The Morgan fingerprint density at radius 2 is 1.79 bits per heavy atom. The number of ether oxygens (including phenoxy) is 1. The van der Waals surface area contributed by atoms with Crippen LogP contribution in [0.5, 0.6) is 5.75 Å². The summed E-state index contributed by atoms with van der Waals surface area (Å²) in [4.78, 5) is 12.6. The maximum Gasteiger partial charge on any atom is 0.264 e. The molecule has 7 heteroatoms. The minimum Gasteiger partial charge on any atom is -0.483 e. The van der Waals surface area contributed by atoms with E-state index in [1.807, 2.05) is 56.3 Å². The Bertz CT molecular complexity index is 1300. The number of hydrogen-bond donors (Lipinski definition) is 1. The minimum atomic E-state index is -3.70. The van der Waals surface area contributed by atoms with E-state index in [0.29, 0.717) is 17.9 Å². The number of carbonyl (C=O) groups is 1. The van der Waals surface area contributed by atoms with Gasteiger partial charge < -0.3 is 10.1 Å². The van der Waals surface area contributed by atoms with Crippen LogP contribution in [0.4, 0.5) is 11.4 Å². The van der Waals surface area contributed by atoms with Crippen molar-refractivity contribution in [2.75, 3.05) is 22.8 Å². The van der Waals surface area contributed by atoms with Gasteiger partial charge in [0.05, 0.1) is 10.6 Å². The van der Waals surface area contributed by atoms with Crippen molar-refractivity contribution in [1.82, 2.24) is 0 Å². The first kappa shape index (κ1) is 22.9. The van der Waals surface area contributed by atoms with Crippen LogP contribution in [-0.2, 0) is 21.2 Å². The molecular formula is C26H28N2O4S. The summed E-state index contributed by atoms with van der Waals surface area (Å²) in [5.41, 5.74) is 5.29. The van der Waals surface area contributed by atoms with E-state index in [0.717, 1.165) is 40.9 Å². The molecule has 0 atom stereocenters. The average Bonchev–Trinajstić information content (AvgIpc) is 2.80. The summed E-state index contributed by atoms with van der Waals surface area (Å²) in [7, 11) is -3.70. The van der Waals surface area contributed by atoms with Crippen molar-refractivity contribution >= 4 is 27.3 Å². The summed E-state index contributed by atoms with van der Waals surface area (Å²) in [6.07, 6.45) is 1.66. The number of carbonyl (C=O) groups excluding carboxylic acids is 1. The number of amides is 1. The second-order valence-electron chi connectivity index (χ2n) is 8.32. The van der Waals surface area contributed by atoms with E-state index in [1.165, 1.54) is 10.4 Å². The summed E-state index contributed by atoms with van der Waals surface area (Å²) in [5.74, 6) is 0.203. The molecule has 0 saturated heterocycles. The van der Waals surface area contributed by atoms with Crippen molar-refractivity contribution < 1.29 is 17.9 Å². The van der Waals surface area contributed by atoms with Gasteiger partial charge in [0.2, 0.25) is 0 Å². The predicted octanol–water partition coefficient (Wildman–Crippen LogP) is 4.77. The zero-order chi connectivity index (χ0) is 23.6. The van der Waals surface area contributed by atoms with Gasteiger partial charge in [0.15, 0.2) is 6.61 Å². The maximum absolute atomic E-state index is 13.4. The topological polar surface area (TPSA) is 75.7 Å². The third kappa shape index (κ3) is 4.73. The van der Waals surface area contributed by atoms with Gasteiger partial charge in [0.1, 0.15) is 5.75 Å². The Hall–Kier alpha value is -3.32. The van der Waals surface area contributed by atoms with E-state index >= 15 is 0 Å². The molecule has 0 radical (unpaired) electrons. The molecule has 0 aliphatic carbocycles. The Morgan fingerprint density at radius 3 is 2.58 bits per heavy atom. The first-order valence-electron chi connectivity index (χ1n) is 11.0. The Kier molecular flexibility index (Phi) is 6.42. The van der Waals surface area contributed by atoms with Crippen LogP contribution in [0.1, 0.15) is 28.7 Å². The van der Waals surface area contributed by atoms with E-state index in [1.54, 1.807) is 19.1 Å². The fraction of sp³-hybridized carbons (Fsp3) is 0.269. The number of nitrogens with zero attached hydrogens (tertiary/aromatic N) is 1. The molecule has 3 aromatic carbocycles. The molecule has 33 heavy (non-hydrogen) atoms. The number of benzene rings is 3. The second-order valence-corrected chi connectivity index (χ2v) is 10.2. The molecule has 1 aliphatic heterocycles. The standard InChI is InChI=1S/C26H28N2O4S/c1-18-8-6-11-23(20(18)3)27-26(29)17-32-25-14-13-22(16-19(25)2)33(30,31)28-15-7-10-21-9-4-5-12-24(21)28/h4-6,8-9,11-14,16H,7,10,15,17H2,1-3H3,(H,27,29). The average molecular weight is 465 g/mol. The molecule has 0 aromatic heterocycles. The predicted molar refractivity (Wildman–Crippen MR) is 131 cm³/mol. The van der Waals surface area contributed by atoms with Crippen molar-refractivity contribution in [3.63, 3.8) is 0 Å². The monoisotopic (exact) mass is 464 g/mol. The van der Waals surface area contributed by atoms with E-state index in [-0.39, 0.29) is 17.4 Å². The summed E-state index contributed by atoms with van der Waals surface area (Å²) < 4.78 is 33.9. The van der Waals surface area contributed by atoms with Gasteiger partial charge in [-0.1, -0.05) is 30.3 Å². The quantitative estimate of drug-likeness (QED) is 0.570. The summed E-state index contributed by atoms with van der Waals surface area (Å²) >= 11 is 0. The molecule has 0 bridgehead atoms. The van der Waals surface area contributed by atoms with E-state index in [2.05, 4.69) is 5.32 Å². The van der Waals surface area contributed by atoms with Crippen LogP contribution in [0.15, 0.2) is 65.6 Å². The van der Waals surface area contributed by atoms with Crippen molar-refractivity contribution in [1.29, 1.82) is 0 Å². The van der Waals surface area contributed by atoms with Crippen LogP contribution < -0.4 is 14.4 Å². The lowest BCUT2D eigenvalue weighted by Crippen LogP contribution is -2.35. The van der Waals surface area contributed by atoms with Gasteiger partial charge in [-0.3, -0.25) is 9.10 Å². The summed E-state index contributed by atoms with van der Waals surface area (Å²) in [5, 5.41) is 2.86. The van der Waals surface area contributed by atoms with Crippen LogP contribution in [-0.4, -0.2) is 27.5 Å². The van der Waals surface area contributed by atoms with Gasteiger partial charge in [0, 0.05) is 12.2 Å². The maximum atomic E-state index is 13.4. The fourth-order valence-electron chi connectivity index (χ4n) is 4.04. The fourth-order valence-corrected chi connectivity index (χ4v) is 5.66. The molecule has 0 fully saturated rings. The highest BCUT2D eigenvalue weighted by molar-refractivity contribution is 7.92. The number of sulfonamides is 1. The van der Waals surface area contributed by atoms with Gasteiger partial charge in [-0.2, -0.15) is 0 Å². The lowest BCUT2D eigenvalue weighted by atomic mass is 10.0. The van der Waals surface area contributed by atoms with Crippen molar-refractivity contribution in [2.24, 2.45) is 0 Å². The lowest BCUT2D eigenvalue weighted by molar-refractivity contribution is -0.118. The molecule has 0 unspecified atom stereocenters. The van der Waals surface area contributed by atoms with Crippen LogP contribution in [0.25, 0.3) is 0 Å². The third-order valence-electron chi connectivity index (χ3n) is 6.04. The first-order chi connectivity index (χ1) is 15.8. The largest absolute Gasteiger partial charge is 0.483 e. The van der Waals surface area contributed by atoms with Crippen molar-refractivity contribution in [3.05, 3.63) is 82.9 Å². The molecule has 1 amide bonds. The van der Waals surface area contributed by atoms with Crippen LogP contribution >= 0.6 is 0 Å². The number of anilines is 2. The van der Waals surface area contributed by atoms with Crippen LogP contribution in [0.3, 0.4) is 0 Å². The molecule has 0 spiro atoms. The zero-order valence-corrected chi connectivity index (χ0v) is 19.9. The smallest absolute Gasteiger partial charge is 0.264 e. The number of rotatable bonds is 6. The Morgan fingerprint density at radius 1 is 1.00 bits per heavy atom. The molecule has 1 aliphatic rings. The highest BCUT2D eigenvalue weighted by Crippen LogP contribution is 2.33. The second kappa shape index (κ2) is 9.27. The number of fused-ring (bicyclic) bond motifs is 1. The van der Waals surface area contributed by atoms with E-state index in [4.69, 9.17) is 4.74 Å². The minimum absolute atomic E-state index is 0.167. The van der Waals surface area contributed by atoms with Crippen molar-refractivity contribution in [3.8, 4) is 5.75 Å². The number of hydrogen-bond acceptors (Lipinski definition) is 4. The van der Waals surface area contributed by atoms with Gasteiger partial charge in [-0.15, -0.1) is 0 Å². The normalized spacial score (nSPS) is 13.4. The highest BCUT2D eigenvalue weighted by Gasteiger charge is 2.29. The Labute approximate surface area is 195 Å². The Balaban J connectivity index is 1.47.